The van der Waals surface area contributed by atoms with Gasteiger partial charge in [0.05, 0.1) is 6.10 Å². The first-order valence-corrected chi connectivity index (χ1v) is 5.98. The van der Waals surface area contributed by atoms with Crippen molar-refractivity contribution in [3.05, 3.63) is 0 Å². The zero-order valence-electron chi connectivity index (χ0n) is 11.1. The minimum Gasteiger partial charge on any atom is -0.356 e. The number of piperidine rings is 1. The molecule has 1 saturated heterocycles. The minimum absolute atomic E-state index is 0.153. The van der Waals surface area contributed by atoms with E-state index in [1.165, 1.54) is 5.06 Å². The molecule has 1 rings (SSSR count). The van der Waals surface area contributed by atoms with Gasteiger partial charge in [0.1, 0.15) is 6.79 Å². The van der Waals surface area contributed by atoms with E-state index in [4.69, 9.17) is 9.47 Å². The lowest BCUT2D eigenvalue weighted by Crippen LogP contribution is -2.60. The molecular formula is C12H25NO3. The van der Waals surface area contributed by atoms with Gasteiger partial charge < -0.3 is 14.7 Å². The number of hydroxylamine groups is 2. The third kappa shape index (κ3) is 3.17. The molecule has 1 aliphatic rings. The lowest BCUT2D eigenvalue weighted by Gasteiger charge is -2.51. The molecule has 0 spiro atoms. The molecule has 0 aliphatic carbocycles. The maximum absolute atomic E-state index is 10.1. The first kappa shape index (κ1) is 13.9. The van der Waals surface area contributed by atoms with Gasteiger partial charge in [0.25, 0.3) is 0 Å². The first-order chi connectivity index (χ1) is 7.29. The number of ether oxygens (including phenoxy) is 2. The summed E-state index contributed by atoms with van der Waals surface area (Å²) in [6.45, 7) is 11.1. The predicted molar refractivity (Wildman–Crippen MR) is 62.4 cm³/mol. The van der Waals surface area contributed by atoms with Crippen LogP contribution in [0.2, 0.25) is 0 Å². The van der Waals surface area contributed by atoms with Crippen LogP contribution in [-0.4, -0.2) is 40.9 Å². The largest absolute Gasteiger partial charge is 0.356 e. The molecule has 16 heavy (non-hydrogen) atoms. The summed E-state index contributed by atoms with van der Waals surface area (Å²) in [5.41, 5.74) is -0.503. The van der Waals surface area contributed by atoms with E-state index < -0.39 is 0 Å². The molecule has 1 fully saturated rings. The summed E-state index contributed by atoms with van der Waals surface area (Å²) in [6.07, 6.45) is 1.79. The molecule has 4 heteroatoms. The molecule has 0 aromatic rings. The van der Waals surface area contributed by atoms with E-state index in [1.807, 2.05) is 34.6 Å². The molecular weight excluding hydrogens is 206 g/mol. The van der Waals surface area contributed by atoms with Crippen LogP contribution >= 0.6 is 0 Å². The van der Waals surface area contributed by atoms with Crippen molar-refractivity contribution >= 4 is 0 Å². The molecule has 0 amide bonds. The Morgan fingerprint density at radius 3 is 2.12 bits per heavy atom. The SMILES string of the molecule is CCOCOC1CC(C)(C)N(O)C(C)(C)C1. The Bertz CT molecular complexity index is 210. The van der Waals surface area contributed by atoms with E-state index in [0.29, 0.717) is 13.4 Å². The fraction of sp³-hybridized carbons (Fsp3) is 1.00. The smallest absolute Gasteiger partial charge is 0.147 e. The van der Waals surface area contributed by atoms with E-state index in [-0.39, 0.29) is 17.2 Å². The minimum atomic E-state index is -0.251. The summed E-state index contributed by atoms with van der Waals surface area (Å²) in [6, 6.07) is 0. The van der Waals surface area contributed by atoms with Crippen LogP contribution in [0, 0.1) is 0 Å². The third-order valence-electron chi connectivity index (χ3n) is 3.19. The maximum Gasteiger partial charge on any atom is 0.147 e. The van der Waals surface area contributed by atoms with E-state index in [0.717, 1.165) is 12.8 Å². The van der Waals surface area contributed by atoms with Gasteiger partial charge in [-0.1, -0.05) is 0 Å². The maximum atomic E-state index is 10.1. The van der Waals surface area contributed by atoms with Crippen molar-refractivity contribution < 1.29 is 14.7 Å². The summed E-state index contributed by atoms with van der Waals surface area (Å²) in [4.78, 5) is 0. The molecule has 4 nitrogen and oxygen atoms in total. The van der Waals surface area contributed by atoms with Gasteiger partial charge in [-0.15, -0.1) is 0 Å². The number of nitrogens with zero attached hydrogens (tertiary/aromatic N) is 1. The van der Waals surface area contributed by atoms with Crippen molar-refractivity contribution in [2.24, 2.45) is 0 Å². The third-order valence-corrected chi connectivity index (χ3v) is 3.19. The molecule has 0 atom stereocenters. The fourth-order valence-electron chi connectivity index (χ4n) is 2.52. The molecule has 0 aromatic heterocycles. The first-order valence-electron chi connectivity index (χ1n) is 5.98. The van der Waals surface area contributed by atoms with Crippen molar-refractivity contribution in [3.63, 3.8) is 0 Å². The molecule has 1 aliphatic heterocycles. The van der Waals surface area contributed by atoms with Crippen molar-refractivity contribution in [2.45, 2.75) is 64.6 Å². The standard InChI is InChI=1S/C12H25NO3/c1-6-15-9-16-10-7-11(2,3)13(14)12(4,5)8-10/h10,14H,6-9H2,1-5H3. The normalized spacial score (nSPS) is 25.9. The number of hydrogen-bond acceptors (Lipinski definition) is 4. The zero-order chi connectivity index (χ0) is 12.4. The van der Waals surface area contributed by atoms with E-state index in [1.54, 1.807) is 0 Å². The number of hydrogen-bond donors (Lipinski definition) is 1. The molecule has 0 unspecified atom stereocenters. The van der Waals surface area contributed by atoms with Crippen LogP contribution in [-0.2, 0) is 9.47 Å². The van der Waals surface area contributed by atoms with Gasteiger partial charge in [-0.2, -0.15) is 5.06 Å². The van der Waals surface area contributed by atoms with Crippen LogP contribution in [0.25, 0.3) is 0 Å². The van der Waals surface area contributed by atoms with Gasteiger partial charge in [-0.25, -0.2) is 0 Å². The van der Waals surface area contributed by atoms with Crippen molar-refractivity contribution in [1.29, 1.82) is 0 Å². The van der Waals surface area contributed by atoms with Gasteiger partial charge in [0.2, 0.25) is 0 Å². The van der Waals surface area contributed by atoms with Crippen LogP contribution in [0.1, 0.15) is 47.5 Å². The van der Waals surface area contributed by atoms with E-state index in [2.05, 4.69) is 0 Å². The number of rotatable bonds is 4. The lowest BCUT2D eigenvalue weighted by molar-refractivity contribution is -0.267. The Kier molecular flexibility index (Phi) is 4.35. The zero-order valence-corrected chi connectivity index (χ0v) is 11.1. The summed E-state index contributed by atoms with van der Waals surface area (Å²) in [7, 11) is 0. The lowest BCUT2D eigenvalue weighted by atomic mass is 9.80. The Hall–Kier alpha value is -0.160. The van der Waals surface area contributed by atoms with Crippen LogP contribution in [0.5, 0.6) is 0 Å². The Morgan fingerprint density at radius 1 is 1.19 bits per heavy atom. The molecule has 0 bridgehead atoms. The summed E-state index contributed by atoms with van der Waals surface area (Å²) < 4.78 is 10.9. The van der Waals surface area contributed by atoms with Crippen molar-refractivity contribution in [1.82, 2.24) is 5.06 Å². The molecule has 0 radical (unpaired) electrons. The highest BCUT2D eigenvalue weighted by Gasteiger charge is 2.45. The Balaban J connectivity index is 2.57. The van der Waals surface area contributed by atoms with Crippen molar-refractivity contribution in [2.75, 3.05) is 13.4 Å². The summed E-state index contributed by atoms with van der Waals surface area (Å²) in [5, 5.41) is 11.6. The van der Waals surface area contributed by atoms with Crippen LogP contribution in [0.3, 0.4) is 0 Å². The van der Waals surface area contributed by atoms with Gasteiger partial charge in [0, 0.05) is 17.7 Å². The van der Waals surface area contributed by atoms with Gasteiger partial charge in [0.15, 0.2) is 0 Å². The average Bonchev–Trinajstić information content (AvgIpc) is 2.14. The quantitative estimate of drug-likeness (QED) is 0.596. The average molecular weight is 231 g/mol. The van der Waals surface area contributed by atoms with Gasteiger partial charge >= 0.3 is 0 Å². The highest BCUT2D eigenvalue weighted by molar-refractivity contribution is 4.96. The fourth-order valence-corrected chi connectivity index (χ4v) is 2.52. The second kappa shape index (κ2) is 5.00. The van der Waals surface area contributed by atoms with Crippen LogP contribution in [0.4, 0.5) is 0 Å². The topological polar surface area (TPSA) is 41.9 Å². The van der Waals surface area contributed by atoms with Gasteiger partial charge in [-0.05, 0) is 47.5 Å². The van der Waals surface area contributed by atoms with Crippen LogP contribution < -0.4 is 0 Å². The summed E-state index contributed by atoms with van der Waals surface area (Å²) in [5.74, 6) is 0. The second-order valence-electron chi connectivity index (χ2n) is 5.74. The Morgan fingerprint density at radius 2 is 1.69 bits per heavy atom. The van der Waals surface area contributed by atoms with Crippen LogP contribution in [0.15, 0.2) is 0 Å². The molecule has 1 heterocycles. The molecule has 1 N–H and O–H groups in total. The van der Waals surface area contributed by atoms with E-state index >= 15 is 0 Å². The highest BCUT2D eigenvalue weighted by atomic mass is 16.7. The molecule has 0 saturated carbocycles. The van der Waals surface area contributed by atoms with Gasteiger partial charge in [-0.3, -0.25) is 0 Å². The van der Waals surface area contributed by atoms with E-state index in [9.17, 15) is 5.21 Å². The molecule has 0 aromatic carbocycles. The molecule has 96 valence electrons. The Labute approximate surface area is 98.5 Å². The van der Waals surface area contributed by atoms with Crippen molar-refractivity contribution in [3.8, 4) is 0 Å². The summed E-state index contributed by atoms with van der Waals surface area (Å²) >= 11 is 0. The second-order valence-corrected chi connectivity index (χ2v) is 5.74. The predicted octanol–water partition coefficient (Wildman–Crippen LogP) is 2.41. The monoisotopic (exact) mass is 231 g/mol. The highest BCUT2D eigenvalue weighted by Crippen LogP contribution is 2.37.